The van der Waals surface area contributed by atoms with Gasteiger partial charge in [0.2, 0.25) is 5.91 Å². The SMILES string of the molecule is CN(C)C(=O)CN=C(NC1CCCC1)N1CCN(c2ccccn2)CC1. The largest absolute Gasteiger partial charge is 0.353 e. The predicted molar refractivity (Wildman–Crippen MR) is 104 cm³/mol. The van der Waals surface area contributed by atoms with Crippen LogP contribution in [0.5, 0.6) is 0 Å². The predicted octanol–water partition coefficient (Wildman–Crippen LogP) is 1.18. The zero-order chi connectivity index (χ0) is 18.4. The number of nitrogens with zero attached hydrogens (tertiary/aromatic N) is 5. The summed E-state index contributed by atoms with van der Waals surface area (Å²) >= 11 is 0. The minimum absolute atomic E-state index is 0.0304. The van der Waals surface area contributed by atoms with Crippen molar-refractivity contribution in [1.29, 1.82) is 0 Å². The Morgan fingerprint density at radius 2 is 1.96 bits per heavy atom. The number of anilines is 1. The third-order valence-corrected chi connectivity index (χ3v) is 5.10. The summed E-state index contributed by atoms with van der Waals surface area (Å²) in [5.74, 6) is 1.94. The van der Waals surface area contributed by atoms with Gasteiger partial charge in [-0.3, -0.25) is 4.79 Å². The molecular weight excluding hydrogens is 328 g/mol. The maximum atomic E-state index is 12.0. The van der Waals surface area contributed by atoms with E-state index >= 15 is 0 Å². The van der Waals surface area contributed by atoms with Crippen LogP contribution in [0.4, 0.5) is 5.82 Å². The quantitative estimate of drug-likeness (QED) is 0.647. The van der Waals surface area contributed by atoms with Crippen LogP contribution >= 0.6 is 0 Å². The van der Waals surface area contributed by atoms with Crippen LogP contribution in [0.2, 0.25) is 0 Å². The number of carbonyl (C=O) groups is 1. The number of piperazine rings is 1. The maximum absolute atomic E-state index is 12.0. The van der Waals surface area contributed by atoms with E-state index in [-0.39, 0.29) is 12.5 Å². The highest BCUT2D eigenvalue weighted by Crippen LogP contribution is 2.18. The lowest BCUT2D eigenvalue weighted by Gasteiger charge is -2.37. The number of aromatic nitrogens is 1. The van der Waals surface area contributed by atoms with Gasteiger partial charge in [0.1, 0.15) is 12.4 Å². The van der Waals surface area contributed by atoms with Crippen molar-refractivity contribution in [2.75, 3.05) is 51.7 Å². The first kappa shape index (κ1) is 18.5. The number of amides is 1. The van der Waals surface area contributed by atoms with Gasteiger partial charge in [-0.05, 0) is 25.0 Å². The molecule has 1 saturated heterocycles. The van der Waals surface area contributed by atoms with E-state index in [1.165, 1.54) is 25.7 Å². The molecule has 26 heavy (non-hydrogen) atoms. The third-order valence-electron chi connectivity index (χ3n) is 5.10. The van der Waals surface area contributed by atoms with Crippen LogP contribution < -0.4 is 10.2 Å². The average molecular weight is 358 g/mol. The van der Waals surface area contributed by atoms with E-state index in [2.05, 4.69) is 31.2 Å². The summed E-state index contributed by atoms with van der Waals surface area (Å²) in [6.45, 7) is 3.77. The maximum Gasteiger partial charge on any atom is 0.243 e. The lowest BCUT2D eigenvalue weighted by Crippen LogP contribution is -2.54. The highest BCUT2D eigenvalue weighted by atomic mass is 16.2. The van der Waals surface area contributed by atoms with Crippen LogP contribution in [-0.2, 0) is 4.79 Å². The number of hydrogen-bond donors (Lipinski definition) is 1. The summed E-state index contributed by atoms with van der Waals surface area (Å²) < 4.78 is 0. The van der Waals surface area contributed by atoms with Gasteiger partial charge in [0.05, 0.1) is 0 Å². The summed E-state index contributed by atoms with van der Waals surface area (Å²) in [6.07, 6.45) is 6.76. The van der Waals surface area contributed by atoms with Crippen LogP contribution in [0.1, 0.15) is 25.7 Å². The van der Waals surface area contributed by atoms with Gasteiger partial charge in [0, 0.05) is 52.5 Å². The minimum atomic E-state index is 0.0304. The molecule has 7 nitrogen and oxygen atoms in total. The highest BCUT2D eigenvalue weighted by Gasteiger charge is 2.24. The van der Waals surface area contributed by atoms with E-state index in [4.69, 9.17) is 0 Å². The van der Waals surface area contributed by atoms with Crippen molar-refractivity contribution in [2.24, 2.45) is 4.99 Å². The number of likely N-dealkylation sites (N-methyl/N-ethyl adjacent to an activating group) is 1. The summed E-state index contributed by atoms with van der Waals surface area (Å²) in [6, 6.07) is 6.50. The summed E-state index contributed by atoms with van der Waals surface area (Å²) in [5.41, 5.74) is 0. The number of rotatable bonds is 4. The molecule has 1 aromatic rings. The molecule has 142 valence electrons. The molecule has 0 unspecified atom stereocenters. The van der Waals surface area contributed by atoms with E-state index in [1.54, 1.807) is 19.0 Å². The van der Waals surface area contributed by atoms with Crippen molar-refractivity contribution in [1.82, 2.24) is 20.1 Å². The van der Waals surface area contributed by atoms with E-state index in [9.17, 15) is 4.79 Å². The van der Waals surface area contributed by atoms with Crippen molar-refractivity contribution >= 4 is 17.7 Å². The van der Waals surface area contributed by atoms with Crippen LogP contribution in [0.15, 0.2) is 29.4 Å². The molecule has 0 bridgehead atoms. The van der Waals surface area contributed by atoms with Gasteiger partial charge in [0.25, 0.3) is 0 Å². The van der Waals surface area contributed by atoms with Crippen molar-refractivity contribution in [3.05, 3.63) is 24.4 Å². The van der Waals surface area contributed by atoms with Gasteiger partial charge >= 0.3 is 0 Å². The van der Waals surface area contributed by atoms with Crippen LogP contribution in [0.3, 0.4) is 0 Å². The molecule has 1 aliphatic heterocycles. The number of carbonyl (C=O) groups excluding carboxylic acids is 1. The van der Waals surface area contributed by atoms with Crippen LogP contribution in [0.25, 0.3) is 0 Å². The number of aliphatic imine (C=N–C) groups is 1. The first-order chi connectivity index (χ1) is 12.6. The molecule has 1 aliphatic carbocycles. The Morgan fingerprint density at radius 1 is 1.23 bits per heavy atom. The molecule has 3 rings (SSSR count). The van der Waals surface area contributed by atoms with E-state index < -0.39 is 0 Å². The molecule has 0 radical (unpaired) electrons. The van der Waals surface area contributed by atoms with Crippen molar-refractivity contribution in [3.8, 4) is 0 Å². The Balaban J connectivity index is 1.62. The first-order valence-corrected chi connectivity index (χ1v) is 9.55. The molecule has 0 atom stereocenters. The fourth-order valence-electron chi connectivity index (χ4n) is 3.46. The third kappa shape index (κ3) is 4.86. The van der Waals surface area contributed by atoms with Gasteiger partial charge in [-0.15, -0.1) is 0 Å². The molecular formula is C19H30N6O. The number of guanidine groups is 1. The molecule has 2 aliphatic rings. The van der Waals surface area contributed by atoms with Crippen molar-refractivity contribution in [3.63, 3.8) is 0 Å². The average Bonchev–Trinajstić information content (AvgIpc) is 3.19. The zero-order valence-electron chi connectivity index (χ0n) is 15.9. The van der Waals surface area contributed by atoms with E-state index in [1.807, 2.05) is 18.3 Å². The van der Waals surface area contributed by atoms with Gasteiger partial charge < -0.3 is 20.0 Å². The normalized spacial score (nSPS) is 18.9. The summed E-state index contributed by atoms with van der Waals surface area (Å²) in [5, 5.41) is 3.61. The number of nitrogens with one attached hydrogen (secondary N) is 1. The van der Waals surface area contributed by atoms with Gasteiger partial charge in [-0.25, -0.2) is 9.98 Å². The zero-order valence-corrected chi connectivity index (χ0v) is 15.9. The van der Waals surface area contributed by atoms with Crippen LogP contribution in [0, 0.1) is 0 Å². The summed E-state index contributed by atoms with van der Waals surface area (Å²) in [4.78, 5) is 27.2. The fourth-order valence-corrected chi connectivity index (χ4v) is 3.46. The molecule has 2 fully saturated rings. The van der Waals surface area contributed by atoms with Crippen molar-refractivity contribution in [2.45, 2.75) is 31.7 Å². The Hall–Kier alpha value is -2.31. The summed E-state index contributed by atoms with van der Waals surface area (Å²) in [7, 11) is 3.54. The Kier molecular flexibility index (Phi) is 6.30. The van der Waals surface area contributed by atoms with E-state index in [0.717, 1.165) is 38.0 Å². The monoisotopic (exact) mass is 358 g/mol. The smallest absolute Gasteiger partial charge is 0.243 e. The lowest BCUT2D eigenvalue weighted by molar-refractivity contribution is -0.127. The molecule has 2 heterocycles. The molecule has 1 saturated carbocycles. The molecule has 1 N–H and O–H groups in total. The van der Waals surface area contributed by atoms with E-state index in [0.29, 0.717) is 6.04 Å². The second-order valence-electron chi connectivity index (χ2n) is 7.22. The topological polar surface area (TPSA) is 64.1 Å². The molecule has 7 heteroatoms. The standard InChI is InChI=1S/C19H30N6O/c1-23(2)18(26)15-21-19(22-16-7-3-4-8-16)25-13-11-24(12-14-25)17-9-5-6-10-20-17/h5-6,9-10,16H,3-4,7-8,11-15H2,1-2H3,(H,21,22). The molecule has 1 aromatic heterocycles. The van der Waals surface area contributed by atoms with Crippen molar-refractivity contribution < 1.29 is 4.79 Å². The Morgan fingerprint density at radius 3 is 2.58 bits per heavy atom. The second-order valence-corrected chi connectivity index (χ2v) is 7.22. The Bertz CT molecular complexity index is 604. The fraction of sp³-hybridized carbons (Fsp3) is 0.632. The van der Waals surface area contributed by atoms with Gasteiger partial charge in [-0.2, -0.15) is 0 Å². The second kappa shape index (κ2) is 8.87. The number of hydrogen-bond acceptors (Lipinski definition) is 4. The highest BCUT2D eigenvalue weighted by molar-refractivity contribution is 5.85. The first-order valence-electron chi connectivity index (χ1n) is 9.55. The molecule has 0 spiro atoms. The van der Waals surface area contributed by atoms with Gasteiger partial charge in [-0.1, -0.05) is 18.9 Å². The lowest BCUT2D eigenvalue weighted by atomic mass is 10.2. The van der Waals surface area contributed by atoms with Gasteiger partial charge in [0.15, 0.2) is 5.96 Å². The minimum Gasteiger partial charge on any atom is -0.353 e. The molecule has 1 amide bonds. The number of pyridine rings is 1. The van der Waals surface area contributed by atoms with Crippen LogP contribution in [-0.4, -0.2) is 79.5 Å². The molecule has 0 aromatic carbocycles. The Labute approximate surface area is 156 Å².